The molecule has 1 N–H and O–H groups in total. The Morgan fingerprint density at radius 1 is 1.29 bits per heavy atom. The molecular formula is C14H30N2O. The summed E-state index contributed by atoms with van der Waals surface area (Å²) in [5, 5.41) is 3.64. The fourth-order valence-electron chi connectivity index (χ4n) is 2.42. The fraction of sp³-hybridized carbons (Fsp3) is 1.00. The molecule has 1 saturated heterocycles. The molecule has 3 heteroatoms. The summed E-state index contributed by atoms with van der Waals surface area (Å²) in [7, 11) is 1.79. The third-order valence-corrected chi connectivity index (χ3v) is 3.41. The Morgan fingerprint density at radius 2 is 2.06 bits per heavy atom. The average molecular weight is 242 g/mol. The van der Waals surface area contributed by atoms with Crippen LogP contribution in [-0.2, 0) is 4.74 Å². The van der Waals surface area contributed by atoms with Gasteiger partial charge in [0.15, 0.2) is 0 Å². The van der Waals surface area contributed by atoms with Crippen LogP contribution in [0.15, 0.2) is 0 Å². The van der Waals surface area contributed by atoms with Crippen LogP contribution in [-0.4, -0.2) is 49.8 Å². The SMILES string of the molecule is COCCCN1CCCCC1CNC(C)(C)C. The molecule has 0 aromatic carbocycles. The van der Waals surface area contributed by atoms with Gasteiger partial charge >= 0.3 is 0 Å². The van der Waals surface area contributed by atoms with Crippen molar-refractivity contribution in [2.24, 2.45) is 0 Å². The van der Waals surface area contributed by atoms with E-state index in [1.165, 1.54) is 32.4 Å². The molecule has 0 aliphatic carbocycles. The zero-order valence-corrected chi connectivity index (χ0v) is 12.1. The Bertz CT molecular complexity index is 201. The van der Waals surface area contributed by atoms with Gasteiger partial charge in [0.05, 0.1) is 0 Å². The monoisotopic (exact) mass is 242 g/mol. The van der Waals surface area contributed by atoms with Crippen LogP contribution < -0.4 is 5.32 Å². The van der Waals surface area contributed by atoms with E-state index in [4.69, 9.17) is 4.74 Å². The van der Waals surface area contributed by atoms with Crippen molar-refractivity contribution in [1.29, 1.82) is 0 Å². The van der Waals surface area contributed by atoms with Crippen LogP contribution in [0.5, 0.6) is 0 Å². The van der Waals surface area contributed by atoms with Crippen molar-refractivity contribution < 1.29 is 4.74 Å². The zero-order valence-electron chi connectivity index (χ0n) is 12.1. The van der Waals surface area contributed by atoms with Crippen molar-refractivity contribution in [3.63, 3.8) is 0 Å². The first-order valence-corrected chi connectivity index (χ1v) is 7.01. The van der Waals surface area contributed by atoms with Crippen LogP contribution in [0.4, 0.5) is 0 Å². The molecule has 0 bridgehead atoms. The van der Waals surface area contributed by atoms with Crippen LogP contribution in [0.3, 0.4) is 0 Å². The van der Waals surface area contributed by atoms with E-state index >= 15 is 0 Å². The predicted molar refractivity (Wildman–Crippen MR) is 73.5 cm³/mol. The van der Waals surface area contributed by atoms with Crippen molar-refractivity contribution in [1.82, 2.24) is 10.2 Å². The molecule has 0 amide bonds. The Labute approximate surface area is 107 Å². The normalized spacial score (nSPS) is 22.9. The summed E-state index contributed by atoms with van der Waals surface area (Å²) in [4.78, 5) is 2.64. The van der Waals surface area contributed by atoms with Crippen molar-refractivity contribution >= 4 is 0 Å². The topological polar surface area (TPSA) is 24.5 Å². The molecule has 1 fully saturated rings. The molecule has 1 aliphatic rings. The molecule has 0 saturated carbocycles. The lowest BCUT2D eigenvalue weighted by molar-refractivity contribution is 0.116. The van der Waals surface area contributed by atoms with Gasteiger partial charge in [-0.15, -0.1) is 0 Å². The number of ether oxygens (including phenoxy) is 1. The first-order valence-electron chi connectivity index (χ1n) is 7.01. The molecule has 102 valence electrons. The number of nitrogens with zero attached hydrogens (tertiary/aromatic N) is 1. The second-order valence-electron chi connectivity index (χ2n) is 6.16. The van der Waals surface area contributed by atoms with Crippen molar-refractivity contribution in [3.05, 3.63) is 0 Å². The highest BCUT2D eigenvalue weighted by Gasteiger charge is 2.23. The Kier molecular flexibility index (Phi) is 6.45. The molecule has 1 rings (SSSR count). The minimum Gasteiger partial charge on any atom is -0.385 e. The highest BCUT2D eigenvalue weighted by molar-refractivity contribution is 4.82. The maximum absolute atomic E-state index is 5.14. The zero-order chi connectivity index (χ0) is 12.7. The molecule has 0 aromatic heterocycles. The number of hydrogen-bond acceptors (Lipinski definition) is 3. The number of rotatable bonds is 6. The molecular weight excluding hydrogens is 212 g/mol. The lowest BCUT2D eigenvalue weighted by Crippen LogP contribution is -2.49. The van der Waals surface area contributed by atoms with Gasteiger partial charge in [0.2, 0.25) is 0 Å². The molecule has 1 unspecified atom stereocenters. The second-order valence-corrected chi connectivity index (χ2v) is 6.16. The molecule has 3 nitrogen and oxygen atoms in total. The lowest BCUT2D eigenvalue weighted by Gasteiger charge is -2.37. The largest absolute Gasteiger partial charge is 0.385 e. The predicted octanol–water partition coefficient (Wildman–Crippen LogP) is 2.27. The molecule has 1 atom stereocenters. The van der Waals surface area contributed by atoms with Crippen LogP contribution >= 0.6 is 0 Å². The van der Waals surface area contributed by atoms with Gasteiger partial charge in [-0.1, -0.05) is 6.42 Å². The van der Waals surface area contributed by atoms with Gasteiger partial charge < -0.3 is 10.1 Å². The lowest BCUT2D eigenvalue weighted by atomic mass is 10.0. The van der Waals surface area contributed by atoms with E-state index in [1.54, 1.807) is 7.11 Å². The van der Waals surface area contributed by atoms with Gasteiger partial charge in [0.25, 0.3) is 0 Å². The van der Waals surface area contributed by atoms with E-state index in [0.717, 1.165) is 25.6 Å². The van der Waals surface area contributed by atoms with Crippen molar-refractivity contribution in [2.75, 3.05) is 33.4 Å². The van der Waals surface area contributed by atoms with Gasteiger partial charge in [0.1, 0.15) is 0 Å². The fourth-order valence-corrected chi connectivity index (χ4v) is 2.42. The third kappa shape index (κ3) is 6.39. The average Bonchev–Trinajstić information content (AvgIpc) is 2.27. The van der Waals surface area contributed by atoms with Crippen LogP contribution in [0, 0.1) is 0 Å². The number of hydrogen-bond donors (Lipinski definition) is 1. The van der Waals surface area contributed by atoms with E-state index in [9.17, 15) is 0 Å². The van der Waals surface area contributed by atoms with E-state index in [1.807, 2.05) is 0 Å². The van der Waals surface area contributed by atoms with Gasteiger partial charge in [0, 0.05) is 38.4 Å². The number of methoxy groups -OCH3 is 1. The first-order chi connectivity index (χ1) is 8.03. The summed E-state index contributed by atoms with van der Waals surface area (Å²) in [6.45, 7) is 11.2. The van der Waals surface area contributed by atoms with Crippen LogP contribution in [0.2, 0.25) is 0 Å². The minimum absolute atomic E-state index is 0.232. The van der Waals surface area contributed by atoms with E-state index in [-0.39, 0.29) is 5.54 Å². The summed E-state index contributed by atoms with van der Waals surface area (Å²) >= 11 is 0. The number of piperidine rings is 1. The summed E-state index contributed by atoms with van der Waals surface area (Å²) < 4.78 is 5.14. The third-order valence-electron chi connectivity index (χ3n) is 3.41. The maximum Gasteiger partial charge on any atom is 0.0474 e. The molecule has 0 radical (unpaired) electrons. The second kappa shape index (κ2) is 7.34. The van der Waals surface area contributed by atoms with Gasteiger partial charge in [-0.2, -0.15) is 0 Å². The van der Waals surface area contributed by atoms with Crippen molar-refractivity contribution in [3.8, 4) is 0 Å². The van der Waals surface area contributed by atoms with Gasteiger partial charge in [-0.05, 0) is 46.6 Å². The number of nitrogens with one attached hydrogen (secondary N) is 1. The smallest absolute Gasteiger partial charge is 0.0474 e. The highest BCUT2D eigenvalue weighted by Crippen LogP contribution is 2.17. The Balaban J connectivity index is 2.31. The van der Waals surface area contributed by atoms with E-state index in [2.05, 4.69) is 31.0 Å². The van der Waals surface area contributed by atoms with E-state index < -0.39 is 0 Å². The van der Waals surface area contributed by atoms with Crippen LogP contribution in [0.1, 0.15) is 46.5 Å². The summed E-state index contributed by atoms with van der Waals surface area (Å²) in [5.41, 5.74) is 0.232. The van der Waals surface area contributed by atoms with Crippen molar-refractivity contribution in [2.45, 2.75) is 58.0 Å². The summed E-state index contributed by atoms with van der Waals surface area (Å²) in [5.74, 6) is 0. The maximum atomic E-state index is 5.14. The molecule has 1 heterocycles. The quantitative estimate of drug-likeness (QED) is 0.723. The first kappa shape index (κ1) is 14.9. The standard InChI is InChI=1S/C14H30N2O/c1-14(2,3)15-12-13-8-5-6-9-16(13)10-7-11-17-4/h13,15H,5-12H2,1-4H3. The molecule has 0 aromatic rings. The molecule has 1 aliphatic heterocycles. The van der Waals surface area contributed by atoms with Gasteiger partial charge in [-0.3, -0.25) is 4.90 Å². The summed E-state index contributed by atoms with van der Waals surface area (Å²) in [6.07, 6.45) is 5.24. The Hall–Kier alpha value is -0.120. The summed E-state index contributed by atoms with van der Waals surface area (Å²) in [6, 6.07) is 0.722. The number of likely N-dealkylation sites (tertiary alicyclic amines) is 1. The highest BCUT2D eigenvalue weighted by atomic mass is 16.5. The minimum atomic E-state index is 0.232. The molecule has 17 heavy (non-hydrogen) atoms. The van der Waals surface area contributed by atoms with E-state index in [0.29, 0.717) is 0 Å². The Morgan fingerprint density at radius 3 is 2.71 bits per heavy atom. The molecule has 0 spiro atoms. The van der Waals surface area contributed by atoms with Crippen LogP contribution in [0.25, 0.3) is 0 Å². The van der Waals surface area contributed by atoms with Gasteiger partial charge in [-0.25, -0.2) is 0 Å².